The van der Waals surface area contributed by atoms with Crippen molar-refractivity contribution in [2.75, 3.05) is 18.2 Å². The second-order valence-corrected chi connectivity index (χ2v) is 7.56. The van der Waals surface area contributed by atoms with E-state index in [1.807, 2.05) is 6.20 Å². The summed E-state index contributed by atoms with van der Waals surface area (Å²) in [7, 11) is 1.33. The lowest BCUT2D eigenvalue weighted by molar-refractivity contribution is -0.113. The molecule has 0 spiro atoms. The smallest absolute Gasteiger partial charge is 0.337 e. The molecule has 0 saturated carbocycles. The molecule has 0 bridgehead atoms. The van der Waals surface area contributed by atoms with E-state index in [-0.39, 0.29) is 11.7 Å². The number of methoxy groups -OCH3 is 1. The van der Waals surface area contributed by atoms with Gasteiger partial charge in [0, 0.05) is 18.1 Å². The third-order valence-corrected chi connectivity index (χ3v) is 5.70. The van der Waals surface area contributed by atoms with Gasteiger partial charge in [-0.15, -0.1) is 0 Å². The first kappa shape index (κ1) is 21.6. The van der Waals surface area contributed by atoms with Crippen molar-refractivity contribution in [1.82, 2.24) is 9.55 Å². The lowest BCUT2D eigenvalue weighted by Gasteiger charge is -2.16. The first-order chi connectivity index (χ1) is 14.6. The molecule has 1 aromatic heterocycles. The van der Waals surface area contributed by atoms with Gasteiger partial charge in [-0.1, -0.05) is 43.8 Å². The molecule has 0 saturated heterocycles. The van der Waals surface area contributed by atoms with Crippen molar-refractivity contribution in [2.45, 2.75) is 31.8 Å². The second-order valence-electron chi connectivity index (χ2n) is 6.62. The number of amides is 1. The van der Waals surface area contributed by atoms with Gasteiger partial charge >= 0.3 is 5.97 Å². The fourth-order valence-electron chi connectivity index (χ4n) is 3.23. The second kappa shape index (κ2) is 10.1. The number of hydrogen-bond acceptors (Lipinski definition) is 5. The average molecular weight is 424 g/mol. The number of ether oxygens (including phenoxy) is 1. The Bertz CT molecular complexity index is 1010. The highest BCUT2D eigenvalue weighted by Crippen LogP contribution is 2.27. The maximum absolute atomic E-state index is 12.4. The zero-order valence-corrected chi connectivity index (χ0v) is 18.2. The maximum atomic E-state index is 12.4. The first-order valence-electron chi connectivity index (χ1n) is 9.82. The molecule has 6 nitrogen and oxygen atoms in total. The van der Waals surface area contributed by atoms with Gasteiger partial charge in [-0.2, -0.15) is 0 Å². The number of para-hydroxylation sites is 1. The lowest BCUT2D eigenvalue weighted by Crippen LogP contribution is -2.15. The van der Waals surface area contributed by atoms with E-state index >= 15 is 0 Å². The van der Waals surface area contributed by atoms with E-state index in [0.29, 0.717) is 11.3 Å². The highest BCUT2D eigenvalue weighted by Gasteiger charge is 2.14. The number of esters is 1. The number of carbonyl (C=O) groups is 2. The third-order valence-electron chi connectivity index (χ3n) is 4.73. The predicted molar refractivity (Wildman–Crippen MR) is 119 cm³/mol. The van der Waals surface area contributed by atoms with Crippen molar-refractivity contribution in [3.8, 4) is 5.69 Å². The third kappa shape index (κ3) is 4.91. The summed E-state index contributed by atoms with van der Waals surface area (Å²) in [5, 5.41) is 3.62. The highest BCUT2D eigenvalue weighted by atomic mass is 32.2. The fraction of sp³-hybridized carbons (Fsp3) is 0.261. The largest absolute Gasteiger partial charge is 0.465 e. The van der Waals surface area contributed by atoms with E-state index in [0.717, 1.165) is 23.7 Å². The Morgan fingerprint density at radius 3 is 2.33 bits per heavy atom. The van der Waals surface area contributed by atoms with E-state index in [2.05, 4.69) is 51.7 Å². The number of imidazole rings is 1. The van der Waals surface area contributed by atoms with Gasteiger partial charge in [-0.3, -0.25) is 9.36 Å². The Morgan fingerprint density at radius 2 is 1.73 bits per heavy atom. The zero-order valence-electron chi connectivity index (χ0n) is 17.3. The number of nitrogens with zero attached hydrogens (tertiary/aromatic N) is 2. The molecule has 0 fully saturated rings. The standard InChI is InChI=1S/C23H25N3O3S/c1-4-16-7-6-8-17(5-2)21(16)26-14-13-24-23(26)30-15-20(27)25-19-11-9-18(10-12-19)22(28)29-3/h6-14H,4-5,15H2,1-3H3,(H,25,27). The molecule has 30 heavy (non-hydrogen) atoms. The molecule has 0 aliphatic rings. The molecule has 0 aliphatic heterocycles. The number of carbonyl (C=O) groups excluding carboxylic acids is 2. The van der Waals surface area contributed by atoms with Gasteiger partial charge in [0.25, 0.3) is 0 Å². The quantitative estimate of drug-likeness (QED) is 0.426. The van der Waals surface area contributed by atoms with Gasteiger partial charge in [-0.25, -0.2) is 9.78 Å². The fourth-order valence-corrected chi connectivity index (χ4v) is 3.98. The minimum atomic E-state index is -0.408. The summed E-state index contributed by atoms with van der Waals surface area (Å²) in [5.41, 5.74) is 4.73. The van der Waals surface area contributed by atoms with E-state index in [1.54, 1.807) is 30.5 Å². The van der Waals surface area contributed by atoms with Crippen molar-refractivity contribution in [3.63, 3.8) is 0 Å². The molecule has 2 aromatic carbocycles. The number of hydrogen-bond donors (Lipinski definition) is 1. The first-order valence-corrected chi connectivity index (χ1v) is 10.8. The Kier molecular flexibility index (Phi) is 7.30. The molecule has 1 amide bonds. The molecular formula is C23H25N3O3S. The number of nitrogens with one attached hydrogen (secondary N) is 1. The number of aryl methyl sites for hydroxylation is 2. The molecule has 1 heterocycles. The van der Waals surface area contributed by atoms with Crippen LogP contribution >= 0.6 is 11.8 Å². The van der Waals surface area contributed by atoms with Gasteiger partial charge in [0.2, 0.25) is 5.91 Å². The zero-order chi connectivity index (χ0) is 21.5. The van der Waals surface area contributed by atoms with Crippen LogP contribution in [0.1, 0.15) is 35.3 Å². The normalized spacial score (nSPS) is 10.6. The Hall–Kier alpha value is -3.06. The SMILES string of the molecule is CCc1cccc(CC)c1-n1ccnc1SCC(=O)Nc1ccc(C(=O)OC)cc1. The Balaban J connectivity index is 1.69. The maximum Gasteiger partial charge on any atom is 0.337 e. The molecule has 7 heteroatoms. The van der Waals surface area contributed by atoms with Crippen LogP contribution in [0.5, 0.6) is 0 Å². The molecule has 156 valence electrons. The van der Waals surface area contributed by atoms with Gasteiger partial charge in [0.05, 0.1) is 24.1 Å². The summed E-state index contributed by atoms with van der Waals surface area (Å²) in [4.78, 5) is 28.4. The molecule has 0 radical (unpaired) electrons. The summed E-state index contributed by atoms with van der Waals surface area (Å²) in [6.45, 7) is 4.28. The molecule has 3 rings (SSSR count). The van der Waals surface area contributed by atoms with Crippen LogP contribution in [0, 0.1) is 0 Å². The van der Waals surface area contributed by atoms with Crippen molar-refractivity contribution in [3.05, 3.63) is 71.5 Å². The minimum Gasteiger partial charge on any atom is -0.465 e. The van der Waals surface area contributed by atoms with E-state index < -0.39 is 5.97 Å². The van der Waals surface area contributed by atoms with Crippen LogP contribution in [0.2, 0.25) is 0 Å². The predicted octanol–water partition coefficient (Wildman–Crippen LogP) is 4.51. The Morgan fingerprint density at radius 1 is 1.07 bits per heavy atom. The number of thioether (sulfide) groups is 1. The number of aromatic nitrogens is 2. The molecule has 3 aromatic rings. The number of benzene rings is 2. The summed E-state index contributed by atoms with van der Waals surface area (Å²) in [6.07, 6.45) is 5.55. The summed E-state index contributed by atoms with van der Waals surface area (Å²) >= 11 is 1.39. The minimum absolute atomic E-state index is 0.139. The molecular weight excluding hydrogens is 398 g/mol. The number of anilines is 1. The molecule has 0 atom stereocenters. The molecule has 0 unspecified atom stereocenters. The van der Waals surface area contributed by atoms with Gasteiger partial charge < -0.3 is 10.1 Å². The van der Waals surface area contributed by atoms with Crippen LogP contribution in [-0.4, -0.2) is 34.3 Å². The van der Waals surface area contributed by atoms with Crippen LogP contribution in [0.3, 0.4) is 0 Å². The topological polar surface area (TPSA) is 73.2 Å². The monoisotopic (exact) mass is 423 g/mol. The van der Waals surface area contributed by atoms with E-state index in [1.165, 1.54) is 30.0 Å². The highest BCUT2D eigenvalue weighted by molar-refractivity contribution is 7.99. The van der Waals surface area contributed by atoms with Crippen LogP contribution in [0.25, 0.3) is 5.69 Å². The Labute approximate surface area is 180 Å². The van der Waals surface area contributed by atoms with Crippen LogP contribution in [0.4, 0.5) is 5.69 Å². The van der Waals surface area contributed by atoms with Crippen LogP contribution in [-0.2, 0) is 22.4 Å². The van der Waals surface area contributed by atoms with Crippen molar-refractivity contribution in [2.24, 2.45) is 0 Å². The van der Waals surface area contributed by atoms with E-state index in [9.17, 15) is 9.59 Å². The summed E-state index contributed by atoms with van der Waals surface area (Å²) in [5.74, 6) is -0.320. The van der Waals surface area contributed by atoms with Crippen molar-refractivity contribution < 1.29 is 14.3 Å². The van der Waals surface area contributed by atoms with Crippen molar-refractivity contribution >= 4 is 29.3 Å². The van der Waals surface area contributed by atoms with Gasteiger partial charge in [0.15, 0.2) is 5.16 Å². The lowest BCUT2D eigenvalue weighted by atomic mass is 10.0. The van der Waals surface area contributed by atoms with Crippen LogP contribution in [0.15, 0.2) is 60.0 Å². The van der Waals surface area contributed by atoms with Gasteiger partial charge in [0.1, 0.15) is 0 Å². The molecule has 1 N–H and O–H groups in total. The molecule has 0 aliphatic carbocycles. The van der Waals surface area contributed by atoms with Gasteiger partial charge in [-0.05, 0) is 48.2 Å². The van der Waals surface area contributed by atoms with Crippen molar-refractivity contribution in [1.29, 1.82) is 0 Å². The summed E-state index contributed by atoms with van der Waals surface area (Å²) in [6, 6.07) is 13.0. The average Bonchev–Trinajstić information content (AvgIpc) is 3.25. The van der Waals surface area contributed by atoms with Crippen LogP contribution < -0.4 is 5.32 Å². The van der Waals surface area contributed by atoms with E-state index in [4.69, 9.17) is 0 Å². The number of rotatable bonds is 8. The summed E-state index contributed by atoms with van der Waals surface area (Å²) < 4.78 is 6.75.